The summed E-state index contributed by atoms with van der Waals surface area (Å²) in [5.41, 5.74) is 2.26. The molecule has 0 fully saturated rings. The number of nitrogens with one attached hydrogen (secondary N) is 1. The Morgan fingerprint density at radius 2 is 2.29 bits per heavy atom. The first-order chi connectivity index (χ1) is 8.09. The summed E-state index contributed by atoms with van der Waals surface area (Å²) < 4.78 is 0. The minimum Gasteiger partial charge on any atom is -0.336 e. The fraction of sp³-hybridized carbons (Fsp3) is 0.333. The zero-order valence-electron chi connectivity index (χ0n) is 10.2. The van der Waals surface area contributed by atoms with E-state index in [-0.39, 0.29) is 5.91 Å². The van der Waals surface area contributed by atoms with Crippen LogP contribution in [0, 0.1) is 13.8 Å². The van der Waals surface area contributed by atoms with Crippen LogP contribution in [0.2, 0.25) is 0 Å². The van der Waals surface area contributed by atoms with Crippen molar-refractivity contribution in [3.05, 3.63) is 39.3 Å². The highest BCUT2D eigenvalue weighted by atomic mass is 32.1. The Hall–Kier alpha value is -1.62. The van der Waals surface area contributed by atoms with E-state index in [4.69, 9.17) is 0 Å². The molecule has 0 aliphatic rings. The third kappa shape index (κ3) is 2.39. The molecule has 0 atom stereocenters. The second-order valence-electron chi connectivity index (χ2n) is 4.05. The van der Waals surface area contributed by atoms with Crippen LogP contribution in [0.1, 0.15) is 26.6 Å². The molecule has 0 unspecified atom stereocenters. The fourth-order valence-corrected chi connectivity index (χ4v) is 2.52. The van der Waals surface area contributed by atoms with Crippen LogP contribution in [0.15, 0.2) is 17.5 Å². The number of H-pyrrole nitrogens is 1. The van der Waals surface area contributed by atoms with Crippen molar-refractivity contribution in [1.29, 1.82) is 0 Å². The lowest BCUT2D eigenvalue weighted by molar-refractivity contribution is 0.0785. The summed E-state index contributed by atoms with van der Waals surface area (Å²) in [6.07, 6.45) is 0. The molecular weight excluding hydrogens is 234 g/mol. The van der Waals surface area contributed by atoms with Gasteiger partial charge in [0.2, 0.25) is 0 Å². The van der Waals surface area contributed by atoms with Crippen molar-refractivity contribution >= 4 is 17.2 Å². The van der Waals surface area contributed by atoms with E-state index in [1.165, 1.54) is 4.88 Å². The average Bonchev–Trinajstić information content (AvgIpc) is 2.89. The molecule has 0 bridgehead atoms. The summed E-state index contributed by atoms with van der Waals surface area (Å²) in [7, 11) is 1.81. The molecule has 2 heterocycles. The molecule has 0 spiro atoms. The van der Waals surface area contributed by atoms with Gasteiger partial charge in [0.05, 0.1) is 17.8 Å². The molecule has 1 amide bonds. The molecule has 2 aromatic heterocycles. The second-order valence-corrected chi connectivity index (χ2v) is 5.08. The predicted molar refractivity (Wildman–Crippen MR) is 68.2 cm³/mol. The van der Waals surface area contributed by atoms with Crippen molar-refractivity contribution in [2.45, 2.75) is 20.4 Å². The van der Waals surface area contributed by atoms with Crippen molar-refractivity contribution in [3.63, 3.8) is 0 Å². The number of carbonyl (C=O) groups is 1. The molecule has 90 valence electrons. The summed E-state index contributed by atoms with van der Waals surface area (Å²) >= 11 is 1.66. The first kappa shape index (κ1) is 11.9. The number of aromatic amines is 1. The minimum atomic E-state index is 0.0159. The lowest BCUT2D eigenvalue weighted by Gasteiger charge is -2.16. The van der Waals surface area contributed by atoms with Gasteiger partial charge in [0.15, 0.2) is 0 Å². The molecule has 0 aliphatic heterocycles. The minimum absolute atomic E-state index is 0.0159. The molecule has 0 aliphatic carbocycles. The van der Waals surface area contributed by atoms with Crippen LogP contribution in [0.25, 0.3) is 0 Å². The lowest BCUT2D eigenvalue weighted by Crippen LogP contribution is -2.26. The Balaban J connectivity index is 2.15. The Morgan fingerprint density at radius 1 is 1.53 bits per heavy atom. The molecular formula is C12H15N3OS. The van der Waals surface area contributed by atoms with Crippen molar-refractivity contribution in [2.24, 2.45) is 0 Å². The van der Waals surface area contributed by atoms with Gasteiger partial charge in [0.25, 0.3) is 5.91 Å². The van der Waals surface area contributed by atoms with Gasteiger partial charge in [-0.25, -0.2) is 0 Å². The third-order valence-electron chi connectivity index (χ3n) is 2.66. The van der Waals surface area contributed by atoms with E-state index in [9.17, 15) is 4.79 Å². The van der Waals surface area contributed by atoms with Crippen LogP contribution in [0.4, 0.5) is 0 Å². The number of aromatic nitrogens is 2. The zero-order chi connectivity index (χ0) is 12.4. The van der Waals surface area contributed by atoms with Gasteiger partial charge >= 0.3 is 0 Å². The first-order valence-corrected chi connectivity index (χ1v) is 6.27. The van der Waals surface area contributed by atoms with Crippen molar-refractivity contribution < 1.29 is 4.79 Å². The van der Waals surface area contributed by atoms with Gasteiger partial charge in [-0.05, 0) is 25.3 Å². The van der Waals surface area contributed by atoms with Crippen molar-refractivity contribution in [1.82, 2.24) is 15.1 Å². The van der Waals surface area contributed by atoms with Crippen molar-refractivity contribution in [2.75, 3.05) is 7.05 Å². The normalized spacial score (nSPS) is 10.5. The molecule has 17 heavy (non-hydrogen) atoms. The third-order valence-corrected chi connectivity index (χ3v) is 3.52. The quantitative estimate of drug-likeness (QED) is 0.907. The number of carbonyl (C=O) groups excluding carboxylic acids is 1. The van der Waals surface area contributed by atoms with Gasteiger partial charge in [-0.3, -0.25) is 9.89 Å². The number of thiophene rings is 1. The number of rotatable bonds is 3. The smallest absolute Gasteiger partial charge is 0.257 e. The van der Waals surface area contributed by atoms with Gasteiger partial charge in [-0.2, -0.15) is 5.10 Å². The average molecular weight is 249 g/mol. The Morgan fingerprint density at radius 3 is 2.82 bits per heavy atom. The summed E-state index contributed by atoms with van der Waals surface area (Å²) in [5, 5.41) is 8.90. The number of hydrogen-bond acceptors (Lipinski definition) is 3. The van der Waals surface area contributed by atoms with E-state index in [1.807, 2.05) is 38.4 Å². The highest BCUT2D eigenvalue weighted by Gasteiger charge is 2.19. The Bertz CT molecular complexity index is 496. The summed E-state index contributed by atoms with van der Waals surface area (Å²) in [4.78, 5) is 15.1. The van der Waals surface area contributed by atoms with Crippen LogP contribution in [-0.2, 0) is 6.54 Å². The summed E-state index contributed by atoms with van der Waals surface area (Å²) in [6.45, 7) is 4.35. The molecule has 2 aromatic rings. The molecule has 5 heteroatoms. The Labute approximate surface area is 104 Å². The van der Waals surface area contributed by atoms with Crippen LogP contribution in [0.3, 0.4) is 0 Å². The number of nitrogens with zero attached hydrogens (tertiary/aromatic N) is 2. The lowest BCUT2D eigenvalue weighted by atomic mass is 10.2. The molecule has 0 aromatic carbocycles. The number of amides is 1. The summed E-state index contributed by atoms with van der Waals surface area (Å²) in [5.74, 6) is 0.0159. The van der Waals surface area contributed by atoms with Crippen LogP contribution >= 0.6 is 11.3 Å². The fourth-order valence-electron chi connectivity index (χ4n) is 1.76. The summed E-state index contributed by atoms with van der Waals surface area (Å²) in [6, 6.07) is 4.02. The van der Waals surface area contributed by atoms with Gasteiger partial charge in [0, 0.05) is 17.6 Å². The molecule has 2 rings (SSSR count). The van der Waals surface area contributed by atoms with E-state index in [1.54, 1.807) is 16.2 Å². The van der Waals surface area contributed by atoms with E-state index >= 15 is 0 Å². The van der Waals surface area contributed by atoms with Gasteiger partial charge in [-0.15, -0.1) is 11.3 Å². The highest BCUT2D eigenvalue weighted by Crippen LogP contribution is 2.16. The van der Waals surface area contributed by atoms with E-state index in [2.05, 4.69) is 10.2 Å². The SMILES string of the molecule is Cc1n[nH]c(C)c1C(=O)N(C)Cc1cccs1. The molecule has 4 nitrogen and oxygen atoms in total. The monoisotopic (exact) mass is 249 g/mol. The highest BCUT2D eigenvalue weighted by molar-refractivity contribution is 7.09. The van der Waals surface area contributed by atoms with Gasteiger partial charge in [0.1, 0.15) is 0 Å². The maximum atomic E-state index is 12.2. The van der Waals surface area contributed by atoms with Crippen LogP contribution < -0.4 is 0 Å². The van der Waals surface area contributed by atoms with E-state index in [0.29, 0.717) is 12.1 Å². The standard InChI is InChI=1S/C12H15N3OS/c1-8-11(9(2)14-13-8)12(16)15(3)7-10-5-4-6-17-10/h4-6H,7H2,1-3H3,(H,13,14). The molecule has 0 radical (unpaired) electrons. The molecule has 1 N–H and O–H groups in total. The molecule has 0 saturated carbocycles. The van der Waals surface area contributed by atoms with Gasteiger partial charge in [-0.1, -0.05) is 6.07 Å². The predicted octanol–water partition coefficient (Wildman–Crippen LogP) is 2.36. The maximum absolute atomic E-state index is 12.2. The number of hydrogen-bond donors (Lipinski definition) is 1. The maximum Gasteiger partial charge on any atom is 0.257 e. The van der Waals surface area contributed by atoms with Crippen LogP contribution in [-0.4, -0.2) is 28.1 Å². The van der Waals surface area contributed by atoms with Crippen molar-refractivity contribution in [3.8, 4) is 0 Å². The van der Waals surface area contributed by atoms with Gasteiger partial charge < -0.3 is 4.90 Å². The zero-order valence-corrected chi connectivity index (χ0v) is 11.0. The van der Waals surface area contributed by atoms with E-state index in [0.717, 1.165) is 11.4 Å². The number of aryl methyl sites for hydroxylation is 2. The molecule has 0 saturated heterocycles. The topological polar surface area (TPSA) is 49.0 Å². The second kappa shape index (κ2) is 4.71. The first-order valence-electron chi connectivity index (χ1n) is 5.39. The van der Waals surface area contributed by atoms with E-state index < -0.39 is 0 Å². The largest absolute Gasteiger partial charge is 0.336 e. The Kier molecular flexibility index (Phi) is 3.28. The van der Waals surface area contributed by atoms with Crippen LogP contribution in [0.5, 0.6) is 0 Å².